The van der Waals surface area contributed by atoms with Crippen LogP contribution in [0.4, 0.5) is 5.69 Å². The van der Waals surface area contributed by atoms with Crippen LogP contribution in [-0.2, 0) is 10.2 Å². The Morgan fingerprint density at radius 2 is 1.70 bits per heavy atom. The number of nitrogens with one attached hydrogen (secondary N) is 1. The van der Waals surface area contributed by atoms with E-state index >= 15 is 0 Å². The van der Waals surface area contributed by atoms with Gasteiger partial charge in [0.15, 0.2) is 6.61 Å². The van der Waals surface area contributed by atoms with Crippen molar-refractivity contribution in [2.75, 3.05) is 11.9 Å². The zero-order chi connectivity index (χ0) is 20.2. The minimum absolute atomic E-state index is 0.0723. The lowest BCUT2D eigenvalue weighted by Gasteiger charge is -2.33. The first-order chi connectivity index (χ1) is 12.5. The van der Waals surface area contributed by atoms with Gasteiger partial charge in [0.1, 0.15) is 5.75 Å². The van der Waals surface area contributed by atoms with Gasteiger partial charge in [-0.25, -0.2) is 0 Å². The number of amides is 1. The van der Waals surface area contributed by atoms with Crippen molar-refractivity contribution in [3.8, 4) is 5.75 Å². The Bertz CT molecular complexity index is 795. The third-order valence-electron chi connectivity index (χ3n) is 4.18. The van der Waals surface area contributed by atoms with Crippen LogP contribution in [0.5, 0.6) is 5.75 Å². The average Bonchev–Trinajstić information content (AvgIpc) is 2.54. The number of rotatable bonds is 6. The highest BCUT2D eigenvalue weighted by atomic mass is 79.9. The number of carbonyl (C=O) groups excluding carboxylic acids is 1. The maximum atomic E-state index is 12.1. The molecule has 2 rings (SSSR count). The molecule has 0 aliphatic carbocycles. The van der Waals surface area contributed by atoms with E-state index in [1.165, 1.54) is 5.56 Å². The summed E-state index contributed by atoms with van der Waals surface area (Å²) in [6.07, 6.45) is 1.08. The highest BCUT2D eigenvalue weighted by molar-refractivity contribution is 9.10. The van der Waals surface area contributed by atoms with Gasteiger partial charge in [-0.2, -0.15) is 0 Å². The van der Waals surface area contributed by atoms with Gasteiger partial charge in [-0.3, -0.25) is 4.79 Å². The predicted octanol–water partition coefficient (Wildman–Crippen LogP) is 6.83. The molecule has 0 unspecified atom stereocenters. The molecule has 0 fully saturated rings. The van der Waals surface area contributed by atoms with Crippen LogP contribution >= 0.6 is 27.5 Å². The normalized spacial score (nSPS) is 12.0. The topological polar surface area (TPSA) is 38.3 Å². The Morgan fingerprint density at radius 1 is 1.07 bits per heavy atom. The largest absolute Gasteiger partial charge is 0.484 e. The summed E-state index contributed by atoms with van der Waals surface area (Å²) >= 11 is 9.45. The maximum absolute atomic E-state index is 12.1. The molecule has 3 nitrogen and oxygen atoms in total. The van der Waals surface area contributed by atoms with Crippen LogP contribution in [0.15, 0.2) is 46.9 Å². The van der Waals surface area contributed by atoms with Crippen LogP contribution in [-0.4, -0.2) is 12.5 Å². The third kappa shape index (κ3) is 6.86. The Hall–Kier alpha value is -1.52. The predicted molar refractivity (Wildman–Crippen MR) is 117 cm³/mol. The quantitative estimate of drug-likeness (QED) is 0.521. The highest BCUT2D eigenvalue weighted by Crippen LogP contribution is 2.36. The Morgan fingerprint density at radius 3 is 2.26 bits per heavy atom. The molecule has 0 bridgehead atoms. The monoisotopic (exact) mass is 451 g/mol. The second-order valence-corrected chi connectivity index (χ2v) is 9.93. The molecule has 0 heterocycles. The number of benzene rings is 2. The molecule has 146 valence electrons. The van der Waals surface area contributed by atoms with E-state index in [0.717, 1.165) is 10.9 Å². The lowest BCUT2D eigenvalue weighted by atomic mass is 9.72. The summed E-state index contributed by atoms with van der Waals surface area (Å²) in [5, 5.41) is 3.23. The fourth-order valence-electron chi connectivity index (χ4n) is 3.36. The van der Waals surface area contributed by atoms with E-state index in [9.17, 15) is 4.79 Å². The Labute approximate surface area is 175 Å². The number of hydrogen-bond donors (Lipinski definition) is 1. The molecular formula is C22H27BrClNO2. The smallest absolute Gasteiger partial charge is 0.262 e. The van der Waals surface area contributed by atoms with Crippen molar-refractivity contribution in [2.45, 2.75) is 46.5 Å². The summed E-state index contributed by atoms with van der Waals surface area (Å²) in [6.45, 7) is 11.2. The molecule has 2 aromatic carbocycles. The molecule has 0 aromatic heterocycles. The van der Waals surface area contributed by atoms with Gasteiger partial charge < -0.3 is 10.1 Å². The van der Waals surface area contributed by atoms with E-state index in [1.54, 1.807) is 12.1 Å². The van der Waals surface area contributed by atoms with Gasteiger partial charge in [0.2, 0.25) is 0 Å². The fraction of sp³-hybridized carbons (Fsp3) is 0.409. The first kappa shape index (κ1) is 21.8. The fourth-order valence-corrected chi connectivity index (χ4v) is 4.08. The van der Waals surface area contributed by atoms with Crippen LogP contribution < -0.4 is 10.1 Å². The van der Waals surface area contributed by atoms with Gasteiger partial charge in [0, 0.05) is 4.47 Å². The summed E-state index contributed by atoms with van der Waals surface area (Å²) in [5.41, 5.74) is 2.15. The second kappa shape index (κ2) is 8.66. The van der Waals surface area contributed by atoms with Crippen molar-refractivity contribution in [3.63, 3.8) is 0 Å². The molecule has 0 saturated carbocycles. The van der Waals surface area contributed by atoms with E-state index < -0.39 is 0 Å². The number of ether oxygens (including phenoxy) is 1. The molecule has 5 heteroatoms. The summed E-state index contributed by atoms with van der Waals surface area (Å²) in [4.78, 5) is 12.1. The van der Waals surface area contributed by atoms with Crippen molar-refractivity contribution in [3.05, 3.63) is 57.5 Å². The lowest BCUT2D eigenvalue weighted by Crippen LogP contribution is -2.24. The van der Waals surface area contributed by atoms with Crippen molar-refractivity contribution >= 4 is 39.1 Å². The Balaban J connectivity index is 1.93. The van der Waals surface area contributed by atoms with E-state index in [0.29, 0.717) is 16.5 Å². The molecule has 0 radical (unpaired) electrons. The molecule has 0 spiro atoms. The number of carbonyl (C=O) groups is 1. The number of anilines is 1. The first-order valence-corrected chi connectivity index (χ1v) is 10.1. The van der Waals surface area contributed by atoms with E-state index in [-0.39, 0.29) is 23.3 Å². The van der Waals surface area contributed by atoms with Gasteiger partial charge in [-0.1, -0.05) is 74.3 Å². The van der Waals surface area contributed by atoms with Crippen molar-refractivity contribution in [2.24, 2.45) is 5.41 Å². The summed E-state index contributed by atoms with van der Waals surface area (Å²) in [6, 6.07) is 13.3. The second-order valence-electron chi connectivity index (χ2n) is 8.61. The standard InChI is InChI=1S/C22H27BrClNO2/c1-21(2,3)14-22(4,5)15-6-9-17(10-7-15)27-13-20(26)25-19-11-8-16(23)12-18(19)24/h6-12H,13-14H2,1-5H3,(H,25,26). The van der Waals surface area contributed by atoms with Crippen LogP contribution in [0.2, 0.25) is 5.02 Å². The van der Waals surface area contributed by atoms with Crippen LogP contribution in [0.3, 0.4) is 0 Å². The lowest BCUT2D eigenvalue weighted by molar-refractivity contribution is -0.118. The van der Waals surface area contributed by atoms with E-state index in [2.05, 4.69) is 68.0 Å². The summed E-state index contributed by atoms with van der Waals surface area (Å²) in [5.74, 6) is 0.415. The molecule has 1 N–H and O–H groups in total. The molecule has 2 aromatic rings. The first-order valence-electron chi connectivity index (χ1n) is 8.94. The van der Waals surface area contributed by atoms with E-state index in [1.807, 2.05) is 18.2 Å². The maximum Gasteiger partial charge on any atom is 0.262 e. The zero-order valence-corrected chi connectivity index (χ0v) is 18.9. The van der Waals surface area contributed by atoms with E-state index in [4.69, 9.17) is 16.3 Å². The molecule has 27 heavy (non-hydrogen) atoms. The molecule has 1 amide bonds. The van der Waals surface area contributed by atoms with Gasteiger partial charge in [-0.15, -0.1) is 0 Å². The van der Waals surface area contributed by atoms with Crippen LogP contribution in [0, 0.1) is 5.41 Å². The molecule has 0 saturated heterocycles. The number of halogens is 2. The summed E-state index contributed by atoms with van der Waals surface area (Å²) < 4.78 is 6.47. The molecular weight excluding hydrogens is 426 g/mol. The summed E-state index contributed by atoms with van der Waals surface area (Å²) in [7, 11) is 0. The molecule has 0 atom stereocenters. The van der Waals surface area contributed by atoms with Crippen molar-refractivity contribution in [1.29, 1.82) is 0 Å². The molecule has 0 aliphatic heterocycles. The number of hydrogen-bond acceptors (Lipinski definition) is 2. The SMILES string of the molecule is CC(C)(C)CC(C)(C)c1ccc(OCC(=O)Nc2ccc(Br)cc2Cl)cc1. The van der Waals surface area contributed by atoms with Gasteiger partial charge in [0.05, 0.1) is 10.7 Å². The van der Waals surface area contributed by atoms with Crippen molar-refractivity contribution < 1.29 is 9.53 Å². The minimum atomic E-state index is -0.253. The van der Waals surface area contributed by atoms with Gasteiger partial charge in [-0.05, 0) is 53.1 Å². The van der Waals surface area contributed by atoms with Crippen LogP contribution in [0.1, 0.15) is 46.6 Å². The Kier molecular flexibility index (Phi) is 6.98. The minimum Gasteiger partial charge on any atom is -0.484 e. The third-order valence-corrected chi connectivity index (χ3v) is 4.99. The zero-order valence-electron chi connectivity index (χ0n) is 16.5. The van der Waals surface area contributed by atoms with Gasteiger partial charge >= 0.3 is 0 Å². The highest BCUT2D eigenvalue weighted by Gasteiger charge is 2.27. The average molecular weight is 453 g/mol. The molecule has 0 aliphatic rings. The van der Waals surface area contributed by atoms with Crippen molar-refractivity contribution in [1.82, 2.24) is 0 Å². The van der Waals surface area contributed by atoms with Crippen LogP contribution in [0.25, 0.3) is 0 Å². The van der Waals surface area contributed by atoms with Gasteiger partial charge in [0.25, 0.3) is 5.91 Å².